The van der Waals surface area contributed by atoms with Crippen molar-refractivity contribution in [3.8, 4) is 0 Å². The number of esters is 1. The third-order valence-electron chi connectivity index (χ3n) is 2.52. The van der Waals surface area contributed by atoms with E-state index in [1.807, 2.05) is 0 Å². The third kappa shape index (κ3) is 4.75. The molecule has 1 aromatic rings. The highest BCUT2D eigenvalue weighted by Gasteiger charge is 2.18. The van der Waals surface area contributed by atoms with Crippen LogP contribution in [-0.2, 0) is 9.53 Å². The van der Waals surface area contributed by atoms with Crippen LogP contribution in [0.5, 0.6) is 0 Å². The zero-order chi connectivity index (χ0) is 15.8. The lowest BCUT2D eigenvalue weighted by Gasteiger charge is -2.08. The number of nitrogens with zero attached hydrogens (tertiary/aromatic N) is 1. The Morgan fingerprint density at radius 3 is 2.62 bits per heavy atom. The number of amides is 1. The van der Waals surface area contributed by atoms with Crippen LogP contribution in [0.3, 0.4) is 0 Å². The molecule has 0 saturated heterocycles. The molecule has 0 spiro atoms. The van der Waals surface area contributed by atoms with E-state index >= 15 is 0 Å². The second-order valence-electron chi connectivity index (χ2n) is 4.01. The fourth-order valence-electron chi connectivity index (χ4n) is 1.62. The fraction of sp³-hybridized carbons (Fsp3) is 0.385. The predicted molar refractivity (Wildman–Crippen MR) is 76.2 cm³/mol. The average molecular weight is 295 g/mol. The lowest BCUT2D eigenvalue weighted by Crippen LogP contribution is -2.23. The molecule has 0 bridgehead atoms. The van der Waals surface area contributed by atoms with Crippen molar-refractivity contribution in [3.63, 3.8) is 0 Å². The third-order valence-corrected chi connectivity index (χ3v) is 2.52. The first-order valence-electron chi connectivity index (χ1n) is 6.45. The van der Waals surface area contributed by atoms with Crippen molar-refractivity contribution in [2.45, 2.75) is 13.8 Å². The molecule has 1 aromatic carbocycles. The van der Waals surface area contributed by atoms with Crippen molar-refractivity contribution < 1.29 is 19.2 Å². The van der Waals surface area contributed by atoms with Crippen LogP contribution in [0.4, 0.5) is 11.4 Å². The summed E-state index contributed by atoms with van der Waals surface area (Å²) in [7, 11) is 0. The molecule has 0 aliphatic carbocycles. The Hall–Kier alpha value is -2.64. The summed E-state index contributed by atoms with van der Waals surface area (Å²) in [6.45, 7) is 3.90. The second kappa shape index (κ2) is 7.83. The zero-order valence-electron chi connectivity index (χ0n) is 11.8. The molecule has 0 saturated carbocycles. The number of nitrogens with one attached hydrogen (secondary N) is 2. The smallest absolute Gasteiger partial charge is 0.325 e. The van der Waals surface area contributed by atoms with Gasteiger partial charge in [0.2, 0.25) is 0 Å². The highest BCUT2D eigenvalue weighted by atomic mass is 16.6. The molecule has 0 aliphatic heterocycles. The van der Waals surface area contributed by atoms with Gasteiger partial charge in [-0.25, -0.2) is 0 Å². The molecular formula is C13H17N3O5. The molecule has 0 heterocycles. The molecule has 0 radical (unpaired) electrons. The molecular weight excluding hydrogens is 278 g/mol. The Bertz CT molecular complexity index is 545. The fourth-order valence-corrected chi connectivity index (χ4v) is 1.62. The molecule has 0 aliphatic rings. The molecule has 21 heavy (non-hydrogen) atoms. The van der Waals surface area contributed by atoms with E-state index in [1.165, 1.54) is 18.2 Å². The standard InChI is InChI=1S/C13H17N3O5/c1-3-14-13(18)9-5-6-10(11(7-9)16(19)20)15-8-12(17)21-4-2/h5-7,15H,3-4,8H2,1-2H3,(H,14,18). The van der Waals surface area contributed by atoms with E-state index < -0.39 is 16.8 Å². The summed E-state index contributed by atoms with van der Waals surface area (Å²) in [4.78, 5) is 33.3. The summed E-state index contributed by atoms with van der Waals surface area (Å²) in [5.41, 5.74) is 0.0642. The topological polar surface area (TPSA) is 111 Å². The predicted octanol–water partition coefficient (Wildman–Crippen LogP) is 1.32. The van der Waals surface area contributed by atoms with Crippen molar-refractivity contribution >= 4 is 23.3 Å². The van der Waals surface area contributed by atoms with Gasteiger partial charge in [-0.3, -0.25) is 19.7 Å². The number of rotatable bonds is 7. The minimum Gasteiger partial charge on any atom is -0.465 e. The van der Waals surface area contributed by atoms with E-state index in [0.29, 0.717) is 6.54 Å². The highest BCUT2D eigenvalue weighted by Crippen LogP contribution is 2.25. The van der Waals surface area contributed by atoms with Gasteiger partial charge in [0.25, 0.3) is 11.6 Å². The van der Waals surface area contributed by atoms with Gasteiger partial charge in [-0.1, -0.05) is 0 Å². The van der Waals surface area contributed by atoms with Gasteiger partial charge >= 0.3 is 5.97 Å². The normalized spacial score (nSPS) is 9.81. The van der Waals surface area contributed by atoms with Crippen LogP contribution in [0.1, 0.15) is 24.2 Å². The molecule has 8 heteroatoms. The monoisotopic (exact) mass is 295 g/mol. The van der Waals surface area contributed by atoms with E-state index in [1.54, 1.807) is 13.8 Å². The first kappa shape index (κ1) is 16.4. The van der Waals surface area contributed by atoms with Crippen LogP contribution in [0.2, 0.25) is 0 Å². The van der Waals surface area contributed by atoms with Gasteiger partial charge in [0.05, 0.1) is 11.5 Å². The van der Waals surface area contributed by atoms with Crippen molar-refractivity contribution in [2.75, 3.05) is 25.0 Å². The first-order valence-corrected chi connectivity index (χ1v) is 6.45. The largest absolute Gasteiger partial charge is 0.465 e. The van der Waals surface area contributed by atoms with Crippen LogP contribution in [-0.4, -0.2) is 36.5 Å². The molecule has 2 N–H and O–H groups in total. The van der Waals surface area contributed by atoms with Gasteiger partial charge < -0.3 is 15.4 Å². The van der Waals surface area contributed by atoms with E-state index in [-0.39, 0.29) is 30.1 Å². The molecule has 8 nitrogen and oxygen atoms in total. The van der Waals surface area contributed by atoms with Gasteiger partial charge in [0, 0.05) is 18.2 Å². The van der Waals surface area contributed by atoms with Crippen molar-refractivity contribution in [1.82, 2.24) is 5.32 Å². The van der Waals surface area contributed by atoms with Gasteiger partial charge in [-0.15, -0.1) is 0 Å². The van der Waals surface area contributed by atoms with E-state index in [4.69, 9.17) is 4.74 Å². The van der Waals surface area contributed by atoms with Crippen LogP contribution in [0, 0.1) is 10.1 Å². The molecule has 0 aromatic heterocycles. The number of ether oxygens (including phenoxy) is 1. The molecule has 0 fully saturated rings. The number of nitro groups is 1. The average Bonchev–Trinajstić information content (AvgIpc) is 2.45. The number of hydrogen-bond donors (Lipinski definition) is 2. The summed E-state index contributed by atoms with van der Waals surface area (Å²) in [6, 6.07) is 4.01. The lowest BCUT2D eigenvalue weighted by molar-refractivity contribution is -0.384. The van der Waals surface area contributed by atoms with Crippen LogP contribution in [0.15, 0.2) is 18.2 Å². The Balaban J connectivity index is 2.92. The maximum absolute atomic E-state index is 11.7. The molecule has 0 unspecified atom stereocenters. The van der Waals surface area contributed by atoms with Crippen LogP contribution >= 0.6 is 0 Å². The number of nitro benzene ring substituents is 1. The summed E-state index contributed by atoms with van der Waals surface area (Å²) in [5, 5.41) is 16.2. The minimum absolute atomic E-state index is 0.154. The highest BCUT2D eigenvalue weighted by molar-refractivity contribution is 5.95. The van der Waals surface area contributed by atoms with Crippen molar-refractivity contribution in [2.24, 2.45) is 0 Å². The van der Waals surface area contributed by atoms with Crippen molar-refractivity contribution in [3.05, 3.63) is 33.9 Å². The molecule has 1 amide bonds. The summed E-state index contributed by atoms with van der Waals surface area (Å²) >= 11 is 0. The number of carbonyl (C=O) groups excluding carboxylic acids is 2. The quantitative estimate of drug-likeness (QED) is 0.446. The maximum Gasteiger partial charge on any atom is 0.325 e. The zero-order valence-corrected chi connectivity index (χ0v) is 11.8. The van der Waals surface area contributed by atoms with Gasteiger partial charge in [-0.05, 0) is 26.0 Å². The SMILES string of the molecule is CCNC(=O)c1ccc(NCC(=O)OCC)c([N+](=O)[O-])c1. The Morgan fingerprint density at radius 2 is 2.05 bits per heavy atom. The van der Waals surface area contributed by atoms with Gasteiger partial charge in [0.15, 0.2) is 0 Å². The number of benzene rings is 1. The van der Waals surface area contributed by atoms with Crippen LogP contribution in [0.25, 0.3) is 0 Å². The molecule has 0 atom stereocenters. The summed E-state index contributed by atoms with van der Waals surface area (Å²) in [6.07, 6.45) is 0. The second-order valence-corrected chi connectivity index (χ2v) is 4.01. The number of hydrogen-bond acceptors (Lipinski definition) is 6. The Morgan fingerprint density at radius 1 is 1.33 bits per heavy atom. The number of carbonyl (C=O) groups is 2. The van der Waals surface area contributed by atoms with E-state index in [0.717, 1.165) is 0 Å². The molecule has 114 valence electrons. The first-order chi connectivity index (χ1) is 9.99. The van der Waals surface area contributed by atoms with Gasteiger partial charge in [0.1, 0.15) is 12.2 Å². The summed E-state index contributed by atoms with van der Waals surface area (Å²) in [5.74, 6) is -0.905. The molecule has 1 rings (SSSR count). The minimum atomic E-state index is -0.615. The van der Waals surface area contributed by atoms with Crippen LogP contribution < -0.4 is 10.6 Å². The Kier molecular flexibility index (Phi) is 6.12. The summed E-state index contributed by atoms with van der Waals surface area (Å²) < 4.78 is 4.72. The van der Waals surface area contributed by atoms with Crippen molar-refractivity contribution in [1.29, 1.82) is 0 Å². The lowest BCUT2D eigenvalue weighted by atomic mass is 10.1. The Labute approximate surface area is 121 Å². The van der Waals surface area contributed by atoms with Gasteiger partial charge in [-0.2, -0.15) is 0 Å². The number of anilines is 1. The van der Waals surface area contributed by atoms with E-state index in [2.05, 4.69) is 10.6 Å². The van der Waals surface area contributed by atoms with E-state index in [9.17, 15) is 19.7 Å². The maximum atomic E-state index is 11.7.